The molecule has 2 atom stereocenters. The molecule has 1 aliphatic heterocycles. The summed E-state index contributed by atoms with van der Waals surface area (Å²) in [6.45, 7) is 8.72. The summed E-state index contributed by atoms with van der Waals surface area (Å²) in [7, 11) is 0. The highest BCUT2D eigenvalue weighted by molar-refractivity contribution is 7.99. The number of carbonyl (C=O) groups excluding carboxylic acids is 3. The van der Waals surface area contributed by atoms with Crippen LogP contribution >= 0.6 is 11.8 Å². The van der Waals surface area contributed by atoms with Gasteiger partial charge in [-0.05, 0) is 20.8 Å². The molecule has 1 saturated heterocycles. The minimum atomic E-state index is -0.858. The number of nitrogens with one attached hydrogen (secondary N) is 1. The predicted octanol–water partition coefficient (Wildman–Crippen LogP) is 1.54. The van der Waals surface area contributed by atoms with Crippen LogP contribution in [-0.2, 0) is 19.1 Å². The van der Waals surface area contributed by atoms with Crippen LogP contribution in [0.2, 0.25) is 0 Å². The summed E-state index contributed by atoms with van der Waals surface area (Å²) in [5.74, 6) is -0.995. The molecular weight excluding hydrogens is 294 g/mol. The zero-order valence-electron chi connectivity index (χ0n) is 12.5. The smallest absolute Gasteiger partial charge is 0.408 e. The van der Waals surface area contributed by atoms with Gasteiger partial charge >= 0.3 is 12.1 Å². The van der Waals surface area contributed by atoms with Crippen molar-refractivity contribution >= 4 is 29.6 Å². The molecule has 118 valence electrons. The van der Waals surface area contributed by atoms with Crippen molar-refractivity contribution in [2.24, 2.45) is 5.92 Å². The Labute approximate surface area is 128 Å². The van der Waals surface area contributed by atoms with Crippen molar-refractivity contribution in [3.05, 3.63) is 12.7 Å². The van der Waals surface area contributed by atoms with Crippen LogP contribution in [0.4, 0.5) is 4.79 Å². The van der Waals surface area contributed by atoms with Gasteiger partial charge in [0, 0.05) is 11.5 Å². The summed E-state index contributed by atoms with van der Waals surface area (Å²) < 4.78 is 10.0. The Bertz CT molecular complexity index is 430. The second kappa shape index (κ2) is 7.49. The van der Waals surface area contributed by atoms with Crippen LogP contribution in [0.1, 0.15) is 20.8 Å². The van der Waals surface area contributed by atoms with Gasteiger partial charge in [-0.1, -0.05) is 12.7 Å². The lowest BCUT2D eigenvalue weighted by atomic mass is 10.0. The molecule has 1 aliphatic rings. The fraction of sp³-hybridized carbons (Fsp3) is 0.643. The number of Topliss-reactive ketones (excluding diaryl/α,β-unsaturated/α-hetero) is 1. The number of ketones is 1. The summed E-state index contributed by atoms with van der Waals surface area (Å²) in [4.78, 5) is 35.7. The lowest BCUT2D eigenvalue weighted by Gasteiger charge is -2.28. The number of alkyl carbamates (subject to hydrolysis) is 1. The van der Waals surface area contributed by atoms with E-state index in [0.29, 0.717) is 11.5 Å². The molecule has 0 bridgehead atoms. The molecule has 6 nitrogen and oxygen atoms in total. The number of ether oxygens (including phenoxy) is 2. The predicted molar refractivity (Wildman–Crippen MR) is 80.1 cm³/mol. The number of amides is 1. The molecule has 0 aromatic rings. The van der Waals surface area contributed by atoms with E-state index >= 15 is 0 Å². The number of rotatable bonds is 4. The highest BCUT2D eigenvalue weighted by atomic mass is 32.2. The summed E-state index contributed by atoms with van der Waals surface area (Å²) in [6.07, 6.45) is 0.774. The normalized spacial score (nSPS) is 22.3. The molecule has 0 unspecified atom stereocenters. The molecule has 1 rings (SSSR count). The molecule has 21 heavy (non-hydrogen) atoms. The number of hydrogen-bond donors (Lipinski definition) is 1. The van der Waals surface area contributed by atoms with Crippen molar-refractivity contribution in [2.75, 3.05) is 18.1 Å². The average molecular weight is 315 g/mol. The Morgan fingerprint density at radius 2 is 2.10 bits per heavy atom. The van der Waals surface area contributed by atoms with Gasteiger partial charge in [0.15, 0.2) is 5.78 Å². The van der Waals surface area contributed by atoms with Crippen LogP contribution in [0.3, 0.4) is 0 Å². The van der Waals surface area contributed by atoms with Gasteiger partial charge in [0.05, 0.1) is 0 Å². The Hall–Kier alpha value is -1.50. The van der Waals surface area contributed by atoms with Crippen molar-refractivity contribution in [3.8, 4) is 0 Å². The summed E-state index contributed by atoms with van der Waals surface area (Å²) in [5, 5.41) is 2.51. The van der Waals surface area contributed by atoms with Gasteiger partial charge in [-0.3, -0.25) is 9.59 Å². The fourth-order valence-corrected chi connectivity index (χ4v) is 2.85. The first-order chi connectivity index (χ1) is 9.74. The zero-order chi connectivity index (χ0) is 16.0. The maximum Gasteiger partial charge on any atom is 0.408 e. The molecule has 7 heteroatoms. The van der Waals surface area contributed by atoms with Gasteiger partial charge in [-0.15, -0.1) is 0 Å². The Balaban J connectivity index is 2.60. The van der Waals surface area contributed by atoms with Crippen LogP contribution in [0.5, 0.6) is 0 Å². The van der Waals surface area contributed by atoms with Gasteiger partial charge < -0.3 is 14.8 Å². The molecule has 0 aromatic carbocycles. The van der Waals surface area contributed by atoms with E-state index in [1.54, 1.807) is 20.8 Å². The van der Waals surface area contributed by atoms with Crippen molar-refractivity contribution in [1.82, 2.24) is 5.32 Å². The van der Waals surface area contributed by atoms with Gasteiger partial charge in [-0.25, -0.2) is 4.79 Å². The lowest BCUT2D eigenvalue weighted by Crippen LogP contribution is -2.51. The van der Waals surface area contributed by atoms with Crippen LogP contribution in [-0.4, -0.2) is 47.6 Å². The summed E-state index contributed by atoms with van der Waals surface area (Å²) >= 11 is 1.42. The Morgan fingerprint density at radius 1 is 1.43 bits per heavy atom. The lowest BCUT2D eigenvalue weighted by molar-refractivity contribution is -0.150. The zero-order valence-corrected chi connectivity index (χ0v) is 13.3. The second-order valence-corrected chi connectivity index (χ2v) is 6.68. The maximum atomic E-state index is 12.2. The molecule has 1 heterocycles. The largest absolute Gasteiger partial charge is 0.461 e. The third kappa shape index (κ3) is 5.79. The SMILES string of the molecule is C=CCOC(=O)[C@@H]1CSC[C@H](NC(=O)OC(C)(C)C)C1=O. The first-order valence-electron chi connectivity index (χ1n) is 6.63. The van der Waals surface area contributed by atoms with Gasteiger partial charge in [-0.2, -0.15) is 11.8 Å². The van der Waals surface area contributed by atoms with E-state index in [0.717, 1.165) is 0 Å². The van der Waals surface area contributed by atoms with Crippen molar-refractivity contribution in [3.63, 3.8) is 0 Å². The van der Waals surface area contributed by atoms with Gasteiger partial charge in [0.25, 0.3) is 0 Å². The summed E-state index contributed by atoms with van der Waals surface area (Å²) in [6, 6.07) is -0.736. The van der Waals surface area contributed by atoms with E-state index in [1.807, 2.05) is 0 Å². The van der Waals surface area contributed by atoms with E-state index < -0.39 is 29.6 Å². The van der Waals surface area contributed by atoms with Gasteiger partial charge in [0.2, 0.25) is 0 Å². The molecule has 1 N–H and O–H groups in total. The average Bonchev–Trinajstić information content (AvgIpc) is 2.36. The van der Waals surface area contributed by atoms with Crippen LogP contribution in [0.15, 0.2) is 12.7 Å². The molecule has 0 radical (unpaired) electrons. The van der Waals surface area contributed by atoms with Crippen LogP contribution in [0.25, 0.3) is 0 Å². The fourth-order valence-electron chi connectivity index (χ4n) is 1.70. The van der Waals surface area contributed by atoms with Crippen molar-refractivity contribution in [2.45, 2.75) is 32.4 Å². The molecule has 0 aromatic heterocycles. The van der Waals surface area contributed by atoms with E-state index in [9.17, 15) is 14.4 Å². The summed E-state index contributed by atoms with van der Waals surface area (Å²) in [5.41, 5.74) is -0.642. The van der Waals surface area contributed by atoms with Crippen molar-refractivity contribution < 1.29 is 23.9 Å². The molecule has 0 spiro atoms. The third-order valence-electron chi connectivity index (χ3n) is 2.57. The monoisotopic (exact) mass is 315 g/mol. The van der Waals surface area contributed by atoms with E-state index in [-0.39, 0.29) is 12.4 Å². The standard InChI is InChI=1S/C14H21NO5S/c1-5-6-19-12(17)9-7-21-8-10(11(9)16)15-13(18)20-14(2,3)4/h5,9-10H,1,6-8H2,2-4H3,(H,15,18)/t9-,10+/m1/s1. The molecule has 0 aliphatic carbocycles. The number of carbonyl (C=O) groups is 3. The highest BCUT2D eigenvalue weighted by Gasteiger charge is 2.38. The number of hydrogen-bond acceptors (Lipinski definition) is 6. The van der Waals surface area contributed by atoms with Crippen LogP contribution < -0.4 is 5.32 Å². The first kappa shape index (κ1) is 17.6. The Morgan fingerprint density at radius 3 is 2.67 bits per heavy atom. The van der Waals surface area contributed by atoms with E-state index in [4.69, 9.17) is 9.47 Å². The number of esters is 1. The third-order valence-corrected chi connectivity index (χ3v) is 3.71. The van der Waals surface area contributed by atoms with E-state index in [2.05, 4.69) is 11.9 Å². The topological polar surface area (TPSA) is 81.7 Å². The number of thioether (sulfide) groups is 1. The quantitative estimate of drug-likeness (QED) is 0.481. The first-order valence-corrected chi connectivity index (χ1v) is 7.78. The highest BCUT2D eigenvalue weighted by Crippen LogP contribution is 2.22. The van der Waals surface area contributed by atoms with Crippen molar-refractivity contribution in [1.29, 1.82) is 0 Å². The van der Waals surface area contributed by atoms with Crippen LogP contribution in [0, 0.1) is 5.92 Å². The maximum absolute atomic E-state index is 12.2. The second-order valence-electron chi connectivity index (χ2n) is 5.61. The minimum absolute atomic E-state index is 0.0669. The van der Waals surface area contributed by atoms with Gasteiger partial charge in [0.1, 0.15) is 24.2 Å². The minimum Gasteiger partial charge on any atom is -0.461 e. The van der Waals surface area contributed by atoms with E-state index in [1.165, 1.54) is 17.8 Å². The Kier molecular flexibility index (Phi) is 6.26. The molecule has 1 amide bonds. The molecule has 0 saturated carbocycles. The molecular formula is C14H21NO5S. The molecule has 1 fully saturated rings.